The molecule has 0 radical (unpaired) electrons. The molecule has 9 heteroatoms. The summed E-state index contributed by atoms with van der Waals surface area (Å²) in [6, 6.07) is 28.0. The van der Waals surface area contributed by atoms with Gasteiger partial charge in [0.1, 0.15) is 18.4 Å². The molecular formula is C33H22BrN6O2+. The van der Waals surface area contributed by atoms with Gasteiger partial charge in [-0.25, -0.2) is 14.5 Å². The predicted molar refractivity (Wildman–Crippen MR) is 168 cm³/mol. The number of hydrogen-bond acceptors (Lipinski definition) is 5. The van der Waals surface area contributed by atoms with Crippen molar-refractivity contribution in [1.29, 1.82) is 0 Å². The van der Waals surface area contributed by atoms with Gasteiger partial charge in [-0.2, -0.15) is 0 Å². The van der Waals surface area contributed by atoms with Crippen LogP contribution >= 0.6 is 15.9 Å². The van der Waals surface area contributed by atoms with Crippen LogP contribution in [0.4, 0.5) is 11.4 Å². The maximum absolute atomic E-state index is 13.3. The highest BCUT2D eigenvalue weighted by atomic mass is 79.9. The van der Waals surface area contributed by atoms with Crippen molar-refractivity contribution in [1.82, 2.24) is 15.0 Å². The molecule has 8 nitrogen and oxygen atoms in total. The minimum absolute atomic E-state index is 0.231. The normalized spacial score (nSPS) is 11.3. The smallest absolute Gasteiger partial charge is 0.274 e. The summed E-state index contributed by atoms with van der Waals surface area (Å²) in [6.45, 7) is 0. The highest BCUT2D eigenvalue weighted by Gasteiger charge is 2.16. The van der Waals surface area contributed by atoms with Crippen molar-refractivity contribution < 1.29 is 14.2 Å². The van der Waals surface area contributed by atoms with Crippen LogP contribution in [0.1, 0.15) is 21.0 Å². The highest BCUT2D eigenvalue weighted by molar-refractivity contribution is 9.10. The molecule has 2 N–H and O–H groups in total. The average Bonchev–Trinajstić information content (AvgIpc) is 3.01. The van der Waals surface area contributed by atoms with Crippen LogP contribution in [0.25, 0.3) is 43.6 Å². The third-order valence-corrected chi connectivity index (χ3v) is 7.82. The van der Waals surface area contributed by atoms with Crippen LogP contribution in [0.3, 0.4) is 0 Å². The zero-order valence-electron chi connectivity index (χ0n) is 22.3. The number of nitrogens with zero attached hydrogens (tertiary/aromatic N) is 4. The van der Waals surface area contributed by atoms with Gasteiger partial charge in [-0.05, 0) is 66.7 Å². The van der Waals surface area contributed by atoms with Gasteiger partial charge in [-0.1, -0.05) is 28.1 Å². The number of nitrogens with one attached hydrogen (secondary N) is 2. The number of carbonyl (C=O) groups excluding carboxylic acids is 2. The van der Waals surface area contributed by atoms with Gasteiger partial charge in [0.05, 0.1) is 16.6 Å². The molecule has 0 unspecified atom stereocenters. The van der Waals surface area contributed by atoms with E-state index in [4.69, 9.17) is 9.97 Å². The summed E-state index contributed by atoms with van der Waals surface area (Å²) in [5.74, 6) is -0.695. The molecule has 0 aliphatic carbocycles. The summed E-state index contributed by atoms with van der Waals surface area (Å²) >= 11 is 3.62. The maximum atomic E-state index is 13.3. The predicted octanol–water partition coefficient (Wildman–Crippen LogP) is 6.58. The van der Waals surface area contributed by atoms with E-state index in [1.54, 1.807) is 18.3 Å². The SMILES string of the molecule is C[n+]1cccc2cc(NC(=O)c3ccc4cc(Br)c5ccc(C(=O)Nc6ccc7ncccc7c6)nc5c4n3)ccc21. The van der Waals surface area contributed by atoms with Crippen LogP contribution in [0.15, 0.2) is 108 Å². The van der Waals surface area contributed by atoms with Crippen LogP contribution in [0, 0.1) is 0 Å². The second-order valence-corrected chi connectivity index (χ2v) is 10.8. The summed E-state index contributed by atoms with van der Waals surface area (Å²) in [6.07, 6.45) is 3.71. The Morgan fingerprint density at radius 1 is 0.714 bits per heavy atom. The van der Waals surface area contributed by atoms with Crippen molar-refractivity contribution >= 4 is 82.7 Å². The molecule has 0 aliphatic rings. The third-order valence-electron chi connectivity index (χ3n) is 7.16. The Labute approximate surface area is 248 Å². The Kier molecular flexibility index (Phi) is 6.28. The largest absolute Gasteiger partial charge is 0.321 e. The first-order valence-corrected chi connectivity index (χ1v) is 14.0. The first-order valence-electron chi connectivity index (χ1n) is 13.2. The topological polar surface area (TPSA) is 101 Å². The van der Waals surface area contributed by atoms with Gasteiger partial charge in [-0.3, -0.25) is 14.6 Å². The van der Waals surface area contributed by atoms with Crippen molar-refractivity contribution in [2.75, 3.05) is 10.6 Å². The monoisotopic (exact) mass is 613 g/mol. The van der Waals surface area contributed by atoms with Crippen molar-refractivity contribution in [3.8, 4) is 0 Å². The molecule has 0 aliphatic heterocycles. The second kappa shape index (κ2) is 10.3. The Morgan fingerprint density at radius 3 is 2.21 bits per heavy atom. The molecule has 42 heavy (non-hydrogen) atoms. The molecule has 2 amide bonds. The second-order valence-electron chi connectivity index (χ2n) is 9.93. The van der Waals surface area contributed by atoms with Crippen LogP contribution in [-0.2, 0) is 7.05 Å². The number of carbonyl (C=O) groups is 2. The lowest BCUT2D eigenvalue weighted by atomic mass is 10.1. The van der Waals surface area contributed by atoms with Gasteiger partial charge in [0.2, 0.25) is 5.52 Å². The zero-order valence-corrected chi connectivity index (χ0v) is 23.9. The lowest BCUT2D eigenvalue weighted by Gasteiger charge is -2.10. The first-order chi connectivity index (χ1) is 20.4. The molecular weight excluding hydrogens is 592 g/mol. The van der Waals surface area contributed by atoms with Gasteiger partial charge in [0, 0.05) is 55.7 Å². The third kappa shape index (κ3) is 4.69. The highest BCUT2D eigenvalue weighted by Crippen LogP contribution is 2.31. The van der Waals surface area contributed by atoms with Crippen LogP contribution in [0.2, 0.25) is 0 Å². The van der Waals surface area contributed by atoms with E-state index in [-0.39, 0.29) is 23.2 Å². The molecule has 7 aromatic rings. The fraction of sp³-hybridized carbons (Fsp3) is 0.0303. The quantitative estimate of drug-likeness (QED) is 0.173. The molecule has 4 heterocycles. The molecule has 0 atom stereocenters. The lowest BCUT2D eigenvalue weighted by Crippen LogP contribution is -2.27. The van der Waals surface area contributed by atoms with E-state index in [1.807, 2.05) is 96.7 Å². The molecule has 0 saturated heterocycles. The molecule has 0 fully saturated rings. The summed E-state index contributed by atoms with van der Waals surface area (Å²) in [7, 11) is 1.98. The Hall–Kier alpha value is -5.28. The van der Waals surface area contributed by atoms with Gasteiger partial charge in [-0.15, -0.1) is 0 Å². The molecule has 202 valence electrons. The fourth-order valence-corrected chi connectivity index (χ4v) is 5.63. The van der Waals surface area contributed by atoms with E-state index in [1.165, 1.54) is 0 Å². The van der Waals surface area contributed by atoms with E-state index < -0.39 is 0 Å². The fourth-order valence-electron chi connectivity index (χ4n) is 5.06. The van der Waals surface area contributed by atoms with Gasteiger partial charge in [0.15, 0.2) is 6.20 Å². The van der Waals surface area contributed by atoms with E-state index in [9.17, 15) is 9.59 Å². The van der Waals surface area contributed by atoms with E-state index in [2.05, 4.69) is 31.5 Å². The number of halogens is 1. The van der Waals surface area contributed by atoms with Gasteiger partial charge >= 0.3 is 0 Å². The van der Waals surface area contributed by atoms with Gasteiger partial charge < -0.3 is 10.6 Å². The van der Waals surface area contributed by atoms with Crippen LogP contribution < -0.4 is 15.2 Å². The molecule has 7 rings (SSSR count). The summed E-state index contributed by atoms with van der Waals surface area (Å²) in [5.41, 5.74) is 4.72. The van der Waals surface area contributed by atoms with Gasteiger partial charge in [0.25, 0.3) is 11.8 Å². The van der Waals surface area contributed by atoms with E-state index in [0.717, 1.165) is 37.1 Å². The number of aryl methyl sites for hydroxylation is 1. The minimum atomic E-state index is -0.355. The molecule has 0 saturated carbocycles. The molecule has 3 aromatic carbocycles. The number of anilines is 2. The number of pyridine rings is 4. The van der Waals surface area contributed by atoms with Crippen LogP contribution in [0.5, 0.6) is 0 Å². The van der Waals surface area contributed by atoms with Crippen LogP contribution in [-0.4, -0.2) is 26.8 Å². The summed E-state index contributed by atoms with van der Waals surface area (Å²) in [4.78, 5) is 40.2. The zero-order chi connectivity index (χ0) is 28.8. The molecule has 4 aromatic heterocycles. The number of hydrogen-bond donors (Lipinski definition) is 2. The molecule has 0 spiro atoms. The Balaban J connectivity index is 1.22. The summed E-state index contributed by atoms with van der Waals surface area (Å²) in [5, 5.41) is 9.38. The van der Waals surface area contributed by atoms with Crippen molar-refractivity contribution in [2.45, 2.75) is 0 Å². The van der Waals surface area contributed by atoms with Crippen molar-refractivity contribution in [2.24, 2.45) is 7.05 Å². The van der Waals surface area contributed by atoms with Crippen molar-refractivity contribution in [3.63, 3.8) is 0 Å². The number of benzene rings is 3. The van der Waals surface area contributed by atoms with E-state index in [0.29, 0.717) is 22.4 Å². The maximum Gasteiger partial charge on any atom is 0.274 e. The Morgan fingerprint density at radius 2 is 1.40 bits per heavy atom. The number of amides is 2. The first kappa shape index (κ1) is 25.7. The number of aromatic nitrogens is 4. The Bertz CT molecular complexity index is 2230. The van der Waals surface area contributed by atoms with E-state index >= 15 is 0 Å². The number of rotatable bonds is 4. The number of fused-ring (bicyclic) bond motifs is 5. The minimum Gasteiger partial charge on any atom is -0.321 e. The standard InChI is InChI=1S/C33H21BrN6O2/c1-40-15-3-5-20-17-23(8-13-29(20)40)37-32(41)27-10-6-21-18-25(34)24-9-12-28(39-31(24)30(21)38-27)33(42)36-22-7-11-26-19(16-22)4-2-14-35-26/h2-18H,1H3,(H-,36,37,41,42)/p+1. The molecule has 0 bridgehead atoms. The lowest BCUT2D eigenvalue weighted by molar-refractivity contribution is -0.644. The average molecular weight is 614 g/mol. The van der Waals surface area contributed by atoms with Crippen molar-refractivity contribution in [3.05, 3.63) is 119 Å². The summed E-state index contributed by atoms with van der Waals surface area (Å²) < 4.78 is 2.84.